The molecule has 1 saturated carbocycles. The van der Waals surface area contributed by atoms with Gasteiger partial charge in [0.15, 0.2) is 17.1 Å². The molecule has 0 bridgehead atoms. The number of benzene rings is 1. The number of nitrogens with zero attached hydrogens (tertiary/aromatic N) is 3. The maximum atomic E-state index is 13.6. The van der Waals surface area contributed by atoms with Crippen molar-refractivity contribution in [3.05, 3.63) is 52.1 Å². The average Bonchev–Trinajstić information content (AvgIpc) is 3.09. The summed E-state index contributed by atoms with van der Waals surface area (Å²) in [5.41, 5.74) is -0.430. The van der Waals surface area contributed by atoms with E-state index in [4.69, 9.17) is 14.2 Å². The molecule has 0 saturated heterocycles. The highest BCUT2D eigenvalue weighted by molar-refractivity contribution is 5.73. The Labute approximate surface area is 199 Å². The van der Waals surface area contributed by atoms with Crippen LogP contribution in [0.4, 0.5) is 13.2 Å². The summed E-state index contributed by atoms with van der Waals surface area (Å²) in [5.74, 6) is 0.578. The summed E-state index contributed by atoms with van der Waals surface area (Å²) >= 11 is 0. The molecule has 1 fully saturated rings. The van der Waals surface area contributed by atoms with Crippen LogP contribution in [0, 0.1) is 0 Å². The fourth-order valence-corrected chi connectivity index (χ4v) is 4.61. The Morgan fingerprint density at radius 1 is 1.09 bits per heavy atom. The highest BCUT2D eigenvalue weighted by atomic mass is 19.4. The van der Waals surface area contributed by atoms with E-state index in [1.807, 2.05) is 0 Å². The third-order valence-electron chi connectivity index (χ3n) is 6.26. The number of carbonyl (C=O) groups excluding carboxylic acids is 1. The predicted octanol–water partition coefficient (Wildman–Crippen LogP) is 4.33. The Morgan fingerprint density at radius 3 is 2.37 bits per heavy atom. The van der Waals surface area contributed by atoms with Gasteiger partial charge in [0.2, 0.25) is 0 Å². The molecule has 1 aliphatic rings. The maximum absolute atomic E-state index is 13.6. The SMILES string of the molecule is COc1ccc(Cn2c(=O)n(C3CCC(OC(C)=O)CC3)c3ncc(C(F)(F)F)cc32)cc1OC. The number of fused-ring (bicyclic) bond motifs is 1. The van der Waals surface area contributed by atoms with Crippen molar-refractivity contribution in [3.8, 4) is 11.5 Å². The highest BCUT2D eigenvalue weighted by Gasteiger charge is 2.33. The van der Waals surface area contributed by atoms with E-state index in [0.29, 0.717) is 42.7 Å². The number of imidazole rings is 1. The number of carbonyl (C=O) groups is 1. The summed E-state index contributed by atoms with van der Waals surface area (Å²) < 4.78 is 59.0. The van der Waals surface area contributed by atoms with Gasteiger partial charge in [-0.25, -0.2) is 9.78 Å². The van der Waals surface area contributed by atoms with Crippen LogP contribution in [0.1, 0.15) is 49.8 Å². The second-order valence-corrected chi connectivity index (χ2v) is 8.53. The van der Waals surface area contributed by atoms with E-state index in [0.717, 1.165) is 12.3 Å². The van der Waals surface area contributed by atoms with Gasteiger partial charge in [0.1, 0.15) is 6.10 Å². The molecule has 0 unspecified atom stereocenters. The largest absolute Gasteiger partial charge is 0.493 e. The highest BCUT2D eigenvalue weighted by Crippen LogP contribution is 2.34. The molecule has 8 nitrogen and oxygen atoms in total. The molecule has 0 spiro atoms. The molecule has 11 heteroatoms. The van der Waals surface area contributed by atoms with Gasteiger partial charge in [-0.05, 0) is 49.4 Å². The van der Waals surface area contributed by atoms with E-state index < -0.39 is 17.4 Å². The van der Waals surface area contributed by atoms with Gasteiger partial charge < -0.3 is 14.2 Å². The first-order valence-electron chi connectivity index (χ1n) is 11.2. The second kappa shape index (κ2) is 9.63. The van der Waals surface area contributed by atoms with E-state index in [9.17, 15) is 22.8 Å². The van der Waals surface area contributed by atoms with Gasteiger partial charge in [-0.15, -0.1) is 0 Å². The predicted molar refractivity (Wildman–Crippen MR) is 121 cm³/mol. The van der Waals surface area contributed by atoms with Gasteiger partial charge in [0.25, 0.3) is 0 Å². The minimum absolute atomic E-state index is 0.0223. The van der Waals surface area contributed by atoms with E-state index in [-0.39, 0.29) is 35.8 Å². The van der Waals surface area contributed by atoms with E-state index in [2.05, 4.69) is 4.98 Å². The quantitative estimate of drug-likeness (QED) is 0.476. The normalized spacial score (nSPS) is 18.5. The summed E-state index contributed by atoms with van der Waals surface area (Å²) in [6, 6.07) is 5.77. The molecular formula is C24H26F3N3O5. The molecular weight excluding hydrogens is 467 g/mol. The monoisotopic (exact) mass is 493 g/mol. The van der Waals surface area contributed by atoms with Crippen molar-refractivity contribution in [2.75, 3.05) is 14.2 Å². The standard InChI is InChI=1S/C24H26F3N3O5/c1-14(31)35-18-7-5-17(6-8-18)30-22-19(11-16(12-28-22)24(25,26)27)29(23(30)32)13-15-4-9-20(33-2)21(10-15)34-3/h4,9-12,17-18H,5-8,13H2,1-3H3. The first-order chi connectivity index (χ1) is 16.6. The Morgan fingerprint density at radius 2 is 1.77 bits per heavy atom. The summed E-state index contributed by atoms with van der Waals surface area (Å²) in [5, 5.41) is 0. The Bertz CT molecular complexity index is 1290. The van der Waals surface area contributed by atoms with Crippen molar-refractivity contribution in [2.45, 2.75) is 57.5 Å². The zero-order chi connectivity index (χ0) is 25.3. The molecule has 0 N–H and O–H groups in total. The number of hydrogen-bond donors (Lipinski definition) is 0. The van der Waals surface area contributed by atoms with Gasteiger partial charge >= 0.3 is 17.8 Å². The number of methoxy groups -OCH3 is 2. The molecule has 2 heterocycles. The third-order valence-corrected chi connectivity index (χ3v) is 6.26. The number of esters is 1. The number of halogens is 3. The van der Waals surface area contributed by atoms with E-state index in [1.165, 1.54) is 30.3 Å². The van der Waals surface area contributed by atoms with Crippen LogP contribution < -0.4 is 15.2 Å². The lowest BCUT2D eigenvalue weighted by atomic mass is 9.93. The number of hydrogen-bond acceptors (Lipinski definition) is 6. The molecule has 4 rings (SSSR count). The third kappa shape index (κ3) is 4.98. The lowest BCUT2D eigenvalue weighted by Crippen LogP contribution is -2.32. The maximum Gasteiger partial charge on any atom is 0.417 e. The Kier molecular flexibility index (Phi) is 6.77. The fourth-order valence-electron chi connectivity index (χ4n) is 4.61. The topological polar surface area (TPSA) is 84.6 Å². The molecule has 1 aromatic carbocycles. The number of pyridine rings is 1. The van der Waals surface area contributed by atoms with Gasteiger partial charge in [0.05, 0.1) is 31.8 Å². The van der Waals surface area contributed by atoms with Crippen molar-refractivity contribution in [1.82, 2.24) is 14.1 Å². The minimum atomic E-state index is -4.60. The Hall–Kier alpha value is -3.50. The smallest absolute Gasteiger partial charge is 0.417 e. The first kappa shape index (κ1) is 24.6. The summed E-state index contributed by atoms with van der Waals surface area (Å²) in [4.78, 5) is 28.9. The lowest BCUT2D eigenvalue weighted by molar-refractivity contribution is -0.148. The van der Waals surface area contributed by atoms with Crippen LogP contribution in [0.3, 0.4) is 0 Å². The Balaban J connectivity index is 1.77. The van der Waals surface area contributed by atoms with Gasteiger partial charge in [0, 0.05) is 19.2 Å². The van der Waals surface area contributed by atoms with Crippen LogP contribution in [-0.2, 0) is 22.3 Å². The van der Waals surface area contributed by atoms with Crippen molar-refractivity contribution in [3.63, 3.8) is 0 Å². The van der Waals surface area contributed by atoms with Crippen LogP contribution in [0.2, 0.25) is 0 Å². The van der Waals surface area contributed by atoms with Gasteiger partial charge in [-0.3, -0.25) is 13.9 Å². The summed E-state index contributed by atoms with van der Waals surface area (Å²) in [6.07, 6.45) is -1.89. The molecule has 2 aromatic heterocycles. The number of aromatic nitrogens is 3. The molecule has 35 heavy (non-hydrogen) atoms. The zero-order valence-corrected chi connectivity index (χ0v) is 19.6. The molecule has 188 valence electrons. The molecule has 0 aliphatic heterocycles. The molecule has 0 atom stereocenters. The minimum Gasteiger partial charge on any atom is -0.493 e. The van der Waals surface area contributed by atoms with Crippen LogP contribution in [0.5, 0.6) is 11.5 Å². The fraction of sp³-hybridized carbons (Fsp3) is 0.458. The van der Waals surface area contributed by atoms with Crippen LogP contribution >= 0.6 is 0 Å². The van der Waals surface area contributed by atoms with Crippen molar-refractivity contribution in [2.24, 2.45) is 0 Å². The van der Waals surface area contributed by atoms with Gasteiger partial charge in [-0.2, -0.15) is 13.2 Å². The van der Waals surface area contributed by atoms with Crippen LogP contribution in [0.15, 0.2) is 35.3 Å². The lowest BCUT2D eigenvalue weighted by Gasteiger charge is -2.28. The van der Waals surface area contributed by atoms with Gasteiger partial charge in [-0.1, -0.05) is 6.07 Å². The van der Waals surface area contributed by atoms with Crippen molar-refractivity contribution < 1.29 is 32.2 Å². The average molecular weight is 493 g/mol. The molecule has 1 aliphatic carbocycles. The van der Waals surface area contributed by atoms with Crippen LogP contribution in [0.25, 0.3) is 11.2 Å². The number of alkyl halides is 3. The number of rotatable bonds is 6. The molecule has 0 radical (unpaired) electrons. The molecule has 0 amide bonds. The second-order valence-electron chi connectivity index (χ2n) is 8.53. The van der Waals surface area contributed by atoms with Crippen molar-refractivity contribution in [1.29, 1.82) is 0 Å². The van der Waals surface area contributed by atoms with Crippen LogP contribution in [-0.4, -0.2) is 40.4 Å². The first-order valence-corrected chi connectivity index (χ1v) is 11.2. The van der Waals surface area contributed by atoms with E-state index in [1.54, 1.807) is 18.2 Å². The zero-order valence-electron chi connectivity index (χ0n) is 19.6. The summed E-state index contributed by atoms with van der Waals surface area (Å²) in [7, 11) is 2.97. The number of ether oxygens (including phenoxy) is 3. The van der Waals surface area contributed by atoms with E-state index >= 15 is 0 Å². The molecule has 3 aromatic rings. The summed E-state index contributed by atoms with van der Waals surface area (Å²) in [6.45, 7) is 1.37. The van der Waals surface area contributed by atoms with Crippen molar-refractivity contribution >= 4 is 17.1 Å².